The SMILES string of the molecule is C/C=C/C(=O)OCCNC(=O)OC(COC(=O)/C=C/C)COc1cccc2ccccc12. The van der Waals surface area contributed by atoms with E-state index in [1.165, 1.54) is 12.2 Å². The third kappa shape index (κ3) is 8.51. The number of benzene rings is 2. The molecule has 0 saturated carbocycles. The summed E-state index contributed by atoms with van der Waals surface area (Å²) in [7, 11) is 0. The van der Waals surface area contributed by atoms with E-state index >= 15 is 0 Å². The zero-order valence-corrected chi connectivity index (χ0v) is 18.1. The van der Waals surface area contributed by atoms with Gasteiger partial charge in [0.05, 0.1) is 6.54 Å². The second-order valence-electron chi connectivity index (χ2n) is 6.54. The molecule has 0 aliphatic carbocycles. The summed E-state index contributed by atoms with van der Waals surface area (Å²) in [4.78, 5) is 35.0. The zero-order valence-electron chi connectivity index (χ0n) is 18.1. The summed E-state index contributed by atoms with van der Waals surface area (Å²) in [5, 5.41) is 4.39. The van der Waals surface area contributed by atoms with E-state index in [9.17, 15) is 14.4 Å². The average molecular weight is 441 g/mol. The molecule has 0 radical (unpaired) electrons. The fourth-order valence-corrected chi connectivity index (χ4v) is 2.66. The van der Waals surface area contributed by atoms with E-state index in [4.69, 9.17) is 18.9 Å². The molecular formula is C24H27NO7. The number of fused-ring (bicyclic) bond motifs is 1. The van der Waals surface area contributed by atoms with Gasteiger partial charge in [0.2, 0.25) is 0 Å². The molecule has 0 saturated heterocycles. The van der Waals surface area contributed by atoms with Gasteiger partial charge in [0.15, 0.2) is 6.10 Å². The molecule has 0 bridgehead atoms. The van der Waals surface area contributed by atoms with Crippen molar-refractivity contribution in [3.63, 3.8) is 0 Å². The normalized spacial score (nSPS) is 11.9. The number of alkyl carbamates (subject to hydrolysis) is 1. The molecule has 2 aromatic carbocycles. The highest BCUT2D eigenvalue weighted by atomic mass is 16.6. The van der Waals surface area contributed by atoms with E-state index < -0.39 is 24.1 Å². The van der Waals surface area contributed by atoms with Gasteiger partial charge in [0, 0.05) is 17.5 Å². The minimum atomic E-state index is -0.853. The third-order valence-electron chi connectivity index (χ3n) is 4.08. The third-order valence-corrected chi connectivity index (χ3v) is 4.08. The topological polar surface area (TPSA) is 100 Å². The first kappa shape index (κ1) is 24.5. The van der Waals surface area contributed by atoms with Gasteiger partial charge in [-0.2, -0.15) is 0 Å². The van der Waals surface area contributed by atoms with Crippen molar-refractivity contribution >= 4 is 28.8 Å². The maximum atomic E-state index is 12.1. The van der Waals surface area contributed by atoms with E-state index in [-0.39, 0.29) is 26.4 Å². The van der Waals surface area contributed by atoms with E-state index in [0.29, 0.717) is 5.75 Å². The van der Waals surface area contributed by atoms with Crippen molar-refractivity contribution in [2.24, 2.45) is 0 Å². The molecule has 1 N–H and O–H groups in total. The molecule has 0 heterocycles. The van der Waals surface area contributed by atoms with Crippen molar-refractivity contribution in [1.82, 2.24) is 5.32 Å². The predicted octanol–water partition coefficient (Wildman–Crippen LogP) is 3.55. The molecule has 8 nitrogen and oxygen atoms in total. The highest BCUT2D eigenvalue weighted by Crippen LogP contribution is 2.25. The van der Waals surface area contributed by atoms with Crippen LogP contribution in [0, 0.1) is 0 Å². The first-order valence-electron chi connectivity index (χ1n) is 10.2. The van der Waals surface area contributed by atoms with Gasteiger partial charge >= 0.3 is 18.0 Å². The molecule has 0 aliphatic heterocycles. The number of rotatable bonds is 11. The fraction of sp³-hybridized carbons (Fsp3) is 0.292. The molecule has 1 amide bonds. The molecule has 1 unspecified atom stereocenters. The number of nitrogens with one attached hydrogen (secondary N) is 1. The Bertz CT molecular complexity index is 962. The van der Waals surface area contributed by atoms with Crippen molar-refractivity contribution < 1.29 is 33.3 Å². The predicted molar refractivity (Wildman–Crippen MR) is 119 cm³/mol. The van der Waals surface area contributed by atoms with Crippen molar-refractivity contribution in [2.45, 2.75) is 20.0 Å². The molecule has 8 heteroatoms. The summed E-state index contributed by atoms with van der Waals surface area (Å²) in [6.07, 6.45) is 4.04. The molecule has 0 spiro atoms. The Hall–Kier alpha value is -3.81. The Balaban J connectivity index is 1.93. The smallest absolute Gasteiger partial charge is 0.407 e. The van der Waals surface area contributed by atoms with Crippen LogP contribution in [0.4, 0.5) is 4.79 Å². The summed E-state index contributed by atoms with van der Waals surface area (Å²) in [6, 6.07) is 13.4. The fourth-order valence-electron chi connectivity index (χ4n) is 2.66. The molecule has 0 fully saturated rings. The number of ether oxygens (including phenoxy) is 4. The molecule has 170 valence electrons. The lowest BCUT2D eigenvalue weighted by Crippen LogP contribution is -2.36. The van der Waals surface area contributed by atoms with Crippen molar-refractivity contribution in [3.8, 4) is 5.75 Å². The van der Waals surface area contributed by atoms with Crippen LogP contribution in [-0.2, 0) is 23.8 Å². The van der Waals surface area contributed by atoms with Crippen LogP contribution in [0.25, 0.3) is 10.8 Å². The van der Waals surface area contributed by atoms with Gasteiger partial charge in [0.1, 0.15) is 25.6 Å². The van der Waals surface area contributed by atoms with Crippen molar-refractivity contribution in [2.75, 3.05) is 26.4 Å². The van der Waals surface area contributed by atoms with E-state index in [2.05, 4.69) is 5.32 Å². The molecule has 32 heavy (non-hydrogen) atoms. The molecule has 2 aromatic rings. The van der Waals surface area contributed by atoms with Crippen LogP contribution in [-0.4, -0.2) is 50.5 Å². The van der Waals surface area contributed by atoms with Crippen molar-refractivity contribution in [3.05, 3.63) is 66.8 Å². The van der Waals surface area contributed by atoms with Gasteiger partial charge in [-0.15, -0.1) is 0 Å². The maximum absolute atomic E-state index is 12.1. The maximum Gasteiger partial charge on any atom is 0.407 e. The highest BCUT2D eigenvalue weighted by molar-refractivity contribution is 5.88. The van der Waals surface area contributed by atoms with Gasteiger partial charge in [-0.25, -0.2) is 14.4 Å². The van der Waals surface area contributed by atoms with Crippen LogP contribution < -0.4 is 10.1 Å². The standard InChI is InChI=1S/C24H27NO7/c1-3-8-22(26)29-15-14-25-24(28)32-19(17-31-23(27)9-4-2)16-30-21-13-7-11-18-10-5-6-12-20(18)21/h3-13,19H,14-17H2,1-2H3,(H,25,28)/b8-3+,9-4+. The van der Waals surface area contributed by atoms with Gasteiger partial charge in [-0.3, -0.25) is 0 Å². The van der Waals surface area contributed by atoms with Crippen LogP contribution in [0.15, 0.2) is 66.8 Å². The first-order chi connectivity index (χ1) is 15.5. The second-order valence-corrected chi connectivity index (χ2v) is 6.54. The molecule has 0 aliphatic rings. The molecule has 1 atom stereocenters. The van der Waals surface area contributed by atoms with Gasteiger partial charge in [-0.1, -0.05) is 48.6 Å². The average Bonchev–Trinajstić information content (AvgIpc) is 2.79. The van der Waals surface area contributed by atoms with Gasteiger partial charge in [-0.05, 0) is 25.3 Å². The summed E-state index contributed by atoms with van der Waals surface area (Å²) in [5.74, 6) is -0.435. The summed E-state index contributed by atoms with van der Waals surface area (Å²) >= 11 is 0. The zero-order chi connectivity index (χ0) is 23.2. The molecule has 2 rings (SSSR count). The monoisotopic (exact) mass is 441 g/mol. The number of carbonyl (C=O) groups excluding carboxylic acids is 3. The lowest BCUT2D eigenvalue weighted by molar-refractivity contribution is -0.141. The van der Waals surface area contributed by atoms with E-state index in [1.807, 2.05) is 42.5 Å². The Kier molecular flexibility index (Phi) is 10.3. The Morgan fingerprint density at radius 2 is 1.59 bits per heavy atom. The summed E-state index contributed by atoms with van der Waals surface area (Å²) < 4.78 is 21.2. The Morgan fingerprint density at radius 3 is 2.34 bits per heavy atom. The molecule has 0 aromatic heterocycles. The van der Waals surface area contributed by atoms with E-state index in [0.717, 1.165) is 10.8 Å². The van der Waals surface area contributed by atoms with E-state index in [1.54, 1.807) is 26.0 Å². The van der Waals surface area contributed by atoms with Crippen molar-refractivity contribution in [1.29, 1.82) is 0 Å². The summed E-state index contributed by atoms with van der Waals surface area (Å²) in [5.41, 5.74) is 0. The van der Waals surface area contributed by atoms with Crippen LogP contribution in [0.5, 0.6) is 5.75 Å². The quantitative estimate of drug-likeness (QED) is 0.246. The number of amides is 1. The van der Waals surface area contributed by atoms with Crippen LogP contribution >= 0.6 is 0 Å². The lowest BCUT2D eigenvalue weighted by atomic mass is 10.1. The summed E-state index contributed by atoms with van der Waals surface area (Å²) in [6.45, 7) is 3.23. The Labute approximate surface area is 186 Å². The number of carbonyl (C=O) groups is 3. The molecular weight excluding hydrogens is 414 g/mol. The Morgan fingerprint density at radius 1 is 0.906 bits per heavy atom. The van der Waals surface area contributed by atoms with Gasteiger partial charge < -0.3 is 24.3 Å². The second kappa shape index (κ2) is 13.5. The number of hydrogen-bond acceptors (Lipinski definition) is 7. The minimum absolute atomic E-state index is 0.00821. The number of hydrogen-bond donors (Lipinski definition) is 1. The minimum Gasteiger partial charge on any atom is -0.489 e. The highest BCUT2D eigenvalue weighted by Gasteiger charge is 2.18. The van der Waals surface area contributed by atoms with Crippen LogP contribution in [0.3, 0.4) is 0 Å². The van der Waals surface area contributed by atoms with Crippen LogP contribution in [0.1, 0.15) is 13.8 Å². The van der Waals surface area contributed by atoms with Gasteiger partial charge in [0.25, 0.3) is 0 Å². The van der Waals surface area contributed by atoms with Crippen LogP contribution in [0.2, 0.25) is 0 Å². The first-order valence-corrected chi connectivity index (χ1v) is 10.2. The lowest BCUT2D eigenvalue weighted by Gasteiger charge is -2.19. The largest absolute Gasteiger partial charge is 0.489 e. The number of allylic oxidation sites excluding steroid dienone is 2. The number of esters is 2.